The van der Waals surface area contributed by atoms with Gasteiger partial charge in [-0.15, -0.1) is 10.2 Å². The van der Waals surface area contributed by atoms with Crippen LogP contribution < -0.4 is 10.6 Å². The van der Waals surface area contributed by atoms with E-state index in [1.807, 2.05) is 38.1 Å². The largest absolute Gasteiger partial charge is 0.365 e. The van der Waals surface area contributed by atoms with Crippen molar-refractivity contribution < 1.29 is 9.18 Å². The number of benzene rings is 2. The van der Waals surface area contributed by atoms with E-state index in [-0.39, 0.29) is 17.5 Å². The van der Waals surface area contributed by atoms with Crippen LogP contribution in [0.4, 0.5) is 15.9 Å². The number of thioether (sulfide) groups is 1. The molecule has 0 radical (unpaired) electrons. The molecule has 0 fully saturated rings. The molecule has 3 rings (SSSR count). The summed E-state index contributed by atoms with van der Waals surface area (Å²) in [4.78, 5) is 12.1. The molecule has 5 nitrogen and oxygen atoms in total. The Morgan fingerprint density at radius 3 is 2.46 bits per heavy atom. The van der Waals surface area contributed by atoms with Gasteiger partial charge in [-0.1, -0.05) is 30.0 Å². The summed E-state index contributed by atoms with van der Waals surface area (Å²) in [7, 11) is 0. The van der Waals surface area contributed by atoms with Gasteiger partial charge in [-0.05, 0) is 66.9 Å². The summed E-state index contributed by atoms with van der Waals surface area (Å²) in [5.41, 5.74) is 4.07. The molecule has 7 heteroatoms. The first-order valence-corrected chi connectivity index (χ1v) is 9.80. The Morgan fingerprint density at radius 2 is 1.79 bits per heavy atom. The second kappa shape index (κ2) is 9.32. The van der Waals surface area contributed by atoms with Crippen molar-refractivity contribution in [3.8, 4) is 0 Å². The number of nitrogens with one attached hydrogen (secondary N) is 2. The lowest BCUT2D eigenvalue weighted by atomic mass is 10.1. The van der Waals surface area contributed by atoms with E-state index >= 15 is 0 Å². The maximum absolute atomic E-state index is 12.9. The van der Waals surface area contributed by atoms with Gasteiger partial charge in [0.15, 0.2) is 0 Å². The van der Waals surface area contributed by atoms with Crippen LogP contribution in [-0.2, 0) is 11.3 Å². The highest BCUT2D eigenvalue weighted by atomic mass is 32.2. The third-order valence-electron chi connectivity index (χ3n) is 4.17. The number of hydrogen-bond donors (Lipinski definition) is 2. The molecule has 0 spiro atoms. The van der Waals surface area contributed by atoms with Gasteiger partial charge >= 0.3 is 0 Å². The van der Waals surface area contributed by atoms with E-state index in [0.717, 1.165) is 16.8 Å². The molecule has 0 aliphatic heterocycles. The van der Waals surface area contributed by atoms with Crippen molar-refractivity contribution in [1.82, 2.24) is 10.2 Å². The van der Waals surface area contributed by atoms with Crippen LogP contribution in [0.5, 0.6) is 0 Å². The van der Waals surface area contributed by atoms with E-state index in [2.05, 4.69) is 20.8 Å². The average molecular weight is 396 g/mol. The molecule has 0 aliphatic rings. The molecule has 0 bridgehead atoms. The highest BCUT2D eigenvalue weighted by molar-refractivity contribution is 7.99. The third-order valence-corrected chi connectivity index (χ3v) is 5.09. The summed E-state index contributed by atoms with van der Waals surface area (Å²) in [6.45, 7) is 4.58. The van der Waals surface area contributed by atoms with Crippen LogP contribution in [0.25, 0.3) is 0 Å². The lowest BCUT2D eigenvalue weighted by molar-refractivity contribution is -0.113. The Hall–Kier alpha value is -2.93. The number of halogens is 1. The van der Waals surface area contributed by atoms with E-state index < -0.39 is 0 Å². The minimum atomic E-state index is -0.258. The van der Waals surface area contributed by atoms with Crippen LogP contribution in [0.3, 0.4) is 0 Å². The van der Waals surface area contributed by atoms with Crippen molar-refractivity contribution >= 4 is 29.2 Å². The second-order valence-electron chi connectivity index (χ2n) is 6.37. The number of amides is 1. The Kier molecular flexibility index (Phi) is 6.60. The van der Waals surface area contributed by atoms with Gasteiger partial charge in [-0.25, -0.2) is 4.39 Å². The van der Waals surface area contributed by atoms with Gasteiger partial charge in [-0.3, -0.25) is 4.79 Å². The molecule has 0 aliphatic carbocycles. The van der Waals surface area contributed by atoms with Crippen LogP contribution in [-0.4, -0.2) is 21.9 Å². The zero-order valence-electron chi connectivity index (χ0n) is 15.7. The monoisotopic (exact) mass is 396 g/mol. The van der Waals surface area contributed by atoms with Gasteiger partial charge in [-0.2, -0.15) is 0 Å². The minimum absolute atomic E-state index is 0.0893. The maximum atomic E-state index is 12.9. The second-order valence-corrected chi connectivity index (χ2v) is 7.37. The molecule has 0 atom stereocenters. The molecule has 144 valence electrons. The van der Waals surface area contributed by atoms with Crippen molar-refractivity contribution in [3.05, 3.63) is 77.1 Å². The standard InChI is InChI=1S/C21H21FN4OS/c1-14-3-8-18(11-15(14)2)24-20(27)13-28-21-10-9-19(25-26-21)23-12-16-4-6-17(22)7-5-16/h3-11H,12-13H2,1-2H3,(H,23,25)(H,24,27). The van der Waals surface area contributed by atoms with Gasteiger partial charge in [0.05, 0.1) is 5.75 Å². The predicted molar refractivity (Wildman–Crippen MR) is 111 cm³/mol. The van der Waals surface area contributed by atoms with Crippen LogP contribution in [0.2, 0.25) is 0 Å². The summed E-state index contributed by atoms with van der Waals surface area (Å²) in [6.07, 6.45) is 0. The zero-order valence-corrected chi connectivity index (χ0v) is 16.5. The number of anilines is 2. The highest BCUT2D eigenvalue weighted by Crippen LogP contribution is 2.18. The average Bonchev–Trinajstić information content (AvgIpc) is 2.69. The summed E-state index contributed by atoms with van der Waals surface area (Å²) in [5.74, 6) is 0.525. The summed E-state index contributed by atoms with van der Waals surface area (Å²) in [6, 6.07) is 15.7. The van der Waals surface area contributed by atoms with Crippen molar-refractivity contribution in [2.45, 2.75) is 25.4 Å². The Bertz CT molecular complexity index is 946. The van der Waals surface area contributed by atoms with Gasteiger partial charge in [0.25, 0.3) is 0 Å². The number of nitrogens with zero attached hydrogens (tertiary/aromatic N) is 2. The van der Waals surface area contributed by atoms with Crippen molar-refractivity contribution in [3.63, 3.8) is 0 Å². The molecule has 1 amide bonds. The molecule has 0 saturated heterocycles. The van der Waals surface area contributed by atoms with Gasteiger partial charge in [0.1, 0.15) is 16.7 Å². The summed E-state index contributed by atoms with van der Waals surface area (Å²) < 4.78 is 12.9. The Balaban J connectivity index is 1.46. The number of rotatable bonds is 7. The molecule has 28 heavy (non-hydrogen) atoms. The minimum Gasteiger partial charge on any atom is -0.365 e. The van der Waals surface area contributed by atoms with Crippen LogP contribution in [0.15, 0.2) is 59.6 Å². The smallest absolute Gasteiger partial charge is 0.234 e. The first kappa shape index (κ1) is 19.8. The molecule has 2 aromatic carbocycles. The molecular formula is C21H21FN4OS. The molecule has 0 unspecified atom stereocenters. The van der Waals surface area contributed by atoms with Crippen LogP contribution >= 0.6 is 11.8 Å². The van der Waals surface area contributed by atoms with Gasteiger partial charge < -0.3 is 10.6 Å². The molecular weight excluding hydrogens is 375 g/mol. The fourth-order valence-electron chi connectivity index (χ4n) is 2.44. The topological polar surface area (TPSA) is 66.9 Å². The fraction of sp³-hybridized carbons (Fsp3) is 0.190. The molecule has 3 aromatic rings. The van der Waals surface area contributed by atoms with Crippen molar-refractivity contribution in [1.29, 1.82) is 0 Å². The molecule has 1 aromatic heterocycles. The first-order valence-electron chi connectivity index (χ1n) is 8.81. The number of carbonyl (C=O) groups is 1. The first-order chi connectivity index (χ1) is 13.5. The number of aryl methyl sites for hydroxylation is 2. The number of aromatic nitrogens is 2. The predicted octanol–water partition coefficient (Wildman–Crippen LogP) is 4.58. The van der Waals surface area contributed by atoms with E-state index in [1.165, 1.54) is 29.5 Å². The lowest BCUT2D eigenvalue weighted by Crippen LogP contribution is -2.14. The third kappa shape index (κ3) is 5.79. The number of carbonyl (C=O) groups excluding carboxylic acids is 1. The van der Waals surface area contributed by atoms with Crippen molar-refractivity contribution in [2.24, 2.45) is 0 Å². The Morgan fingerprint density at radius 1 is 1.00 bits per heavy atom. The van der Waals surface area contributed by atoms with Crippen molar-refractivity contribution in [2.75, 3.05) is 16.4 Å². The highest BCUT2D eigenvalue weighted by Gasteiger charge is 2.06. The van der Waals surface area contributed by atoms with Gasteiger partial charge in [0, 0.05) is 12.2 Å². The lowest BCUT2D eigenvalue weighted by Gasteiger charge is -2.08. The SMILES string of the molecule is Cc1ccc(NC(=O)CSc2ccc(NCc3ccc(F)cc3)nn2)cc1C. The van der Waals surface area contributed by atoms with E-state index in [1.54, 1.807) is 18.2 Å². The van der Waals surface area contributed by atoms with Gasteiger partial charge in [0.2, 0.25) is 5.91 Å². The summed E-state index contributed by atoms with van der Waals surface area (Å²) >= 11 is 1.32. The normalized spacial score (nSPS) is 10.5. The quantitative estimate of drug-likeness (QED) is 0.573. The van der Waals surface area contributed by atoms with Crippen LogP contribution in [0, 0.1) is 19.7 Å². The molecule has 0 saturated carbocycles. The zero-order chi connectivity index (χ0) is 19.9. The Labute approximate surface area is 167 Å². The fourth-order valence-corrected chi connectivity index (χ4v) is 3.06. The van der Waals surface area contributed by atoms with E-state index in [9.17, 15) is 9.18 Å². The molecule has 2 N–H and O–H groups in total. The molecule has 1 heterocycles. The number of hydrogen-bond acceptors (Lipinski definition) is 5. The summed E-state index contributed by atoms with van der Waals surface area (Å²) in [5, 5.41) is 14.9. The van der Waals surface area contributed by atoms with E-state index in [0.29, 0.717) is 17.4 Å². The van der Waals surface area contributed by atoms with E-state index in [4.69, 9.17) is 0 Å². The van der Waals surface area contributed by atoms with Crippen LogP contribution in [0.1, 0.15) is 16.7 Å². The maximum Gasteiger partial charge on any atom is 0.234 e.